The van der Waals surface area contributed by atoms with Crippen molar-refractivity contribution >= 4 is 20.4 Å². The Labute approximate surface area is 114 Å². The van der Waals surface area contributed by atoms with Crippen LogP contribution >= 0.6 is 0 Å². The van der Waals surface area contributed by atoms with Crippen LogP contribution in [0.2, 0.25) is 13.1 Å². The smallest absolute Gasteiger partial charge is 0.229 e. The molecule has 0 unspecified atom stereocenters. The Balaban J connectivity index is 2.32. The van der Waals surface area contributed by atoms with Crippen LogP contribution in [0.4, 0.5) is 5.69 Å². The molecule has 0 aliphatic carbocycles. The Kier molecular flexibility index (Phi) is 4.41. The molecule has 0 N–H and O–H groups in total. The van der Waals surface area contributed by atoms with Crippen LogP contribution in [-0.4, -0.2) is 24.7 Å². The minimum Gasteiger partial charge on any atom is -0.546 e. The van der Waals surface area contributed by atoms with Crippen molar-refractivity contribution in [2.75, 3.05) is 0 Å². The van der Waals surface area contributed by atoms with Crippen LogP contribution in [-0.2, 0) is 0 Å². The van der Waals surface area contributed by atoms with E-state index in [1.54, 1.807) is 18.6 Å². The summed E-state index contributed by atoms with van der Waals surface area (Å²) in [4.78, 5) is 12.9. The minimum atomic E-state index is -1.14. The highest BCUT2D eigenvalue weighted by molar-refractivity contribution is 6.49. The Hall–Kier alpha value is -2.01. The molecule has 0 saturated carbocycles. The summed E-state index contributed by atoms with van der Waals surface area (Å²) in [6, 6.07) is 7.82. The molecule has 1 heterocycles. The van der Waals surface area contributed by atoms with Gasteiger partial charge in [-0.1, -0.05) is 12.1 Å². The van der Waals surface area contributed by atoms with Gasteiger partial charge in [0.1, 0.15) is 17.1 Å². The second-order valence-corrected chi connectivity index (χ2v) is 6.76. The molecule has 1 aromatic heterocycles. The summed E-state index contributed by atoms with van der Waals surface area (Å²) in [5, 5.41) is 0. The van der Waals surface area contributed by atoms with Crippen molar-refractivity contribution in [3.63, 3.8) is 0 Å². The molecule has 0 aliphatic heterocycles. The molecule has 19 heavy (non-hydrogen) atoms. The van der Waals surface area contributed by atoms with E-state index >= 15 is 0 Å². The third-order valence-corrected chi connectivity index (χ3v) is 3.18. The van der Waals surface area contributed by atoms with Crippen LogP contribution in [0, 0.1) is 0 Å². The van der Waals surface area contributed by atoms with Gasteiger partial charge in [-0.25, -0.2) is 4.99 Å². The molecule has 98 valence electrons. The Morgan fingerprint density at radius 1 is 1.21 bits per heavy atom. The van der Waals surface area contributed by atoms with E-state index in [1.807, 2.05) is 31.2 Å². The first kappa shape index (κ1) is 13.4. The third kappa shape index (κ3) is 3.72. The van der Waals surface area contributed by atoms with E-state index in [0.29, 0.717) is 0 Å². The summed E-state index contributed by atoms with van der Waals surface area (Å²) in [6.07, 6.45) is 5.02. The molecule has 0 fully saturated rings. The molecule has 0 aliphatic rings. The lowest BCUT2D eigenvalue weighted by molar-refractivity contribution is 0.582. The van der Waals surface area contributed by atoms with Crippen molar-refractivity contribution in [1.82, 2.24) is 9.97 Å². The fourth-order valence-corrected chi connectivity index (χ4v) is 2.33. The summed E-state index contributed by atoms with van der Waals surface area (Å²) in [6.45, 7) is 6.19. The number of aliphatic imine (C=N–C) groups is 1. The van der Waals surface area contributed by atoms with Gasteiger partial charge in [-0.15, -0.1) is 0 Å². The largest absolute Gasteiger partial charge is 0.546 e. The average molecular weight is 271 g/mol. The molecule has 0 saturated heterocycles. The first-order valence-electron chi connectivity index (χ1n) is 6.24. The minimum absolute atomic E-state index is 0.777. The summed E-state index contributed by atoms with van der Waals surface area (Å²) in [7, 11) is -1.14. The van der Waals surface area contributed by atoms with Crippen LogP contribution in [0.5, 0.6) is 5.75 Å². The van der Waals surface area contributed by atoms with Gasteiger partial charge in [0.05, 0.1) is 11.9 Å². The fraction of sp³-hybridized carbons (Fsp3) is 0.214. The molecular weight excluding hydrogens is 254 g/mol. The third-order valence-electron chi connectivity index (χ3n) is 2.45. The van der Waals surface area contributed by atoms with Gasteiger partial charge in [0.2, 0.25) is 9.04 Å². The number of aromatic nitrogens is 2. The lowest BCUT2D eigenvalue weighted by Gasteiger charge is -2.11. The molecule has 0 bridgehead atoms. The highest BCUT2D eigenvalue weighted by Crippen LogP contribution is 2.28. The van der Waals surface area contributed by atoms with Gasteiger partial charge in [-0.2, -0.15) is 0 Å². The molecule has 2 aromatic rings. The molecule has 0 radical (unpaired) electrons. The molecule has 5 heteroatoms. The first-order valence-corrected chi connectivity index (χ1v) is 9.02. The van der Waals surface area contributed by atoms with E-state index in [1.165, 1.54) is 0 Å². The number of para-hydroxylation sites is 2. The molecule has 4 nitrogen and oxygen atoms in total. The molecule has 0 spiro atoms. The van der Waals surface area contributed by atoms with Gasteiger partial charge in [-0.3, -0.25) is 9.97 Å². The second-order valence-electron chi connectivity index (χ2n) is 4.42. The predicted octanol–water partition coefficient (Wildman–Crippen LogP) is 2.98. The molecule has 2 rings (SSSR count). The van der Waals surface area contributed by atoms with E-state index in [4.69, 9.17) is 4.43 Å². The van der Waals surface area contributed by atoms with Crippen LogP contribution in [0.25, 0.3) is 0 Å². The van der Waals surface area contributed by atoms with E-state index in [2.05, 4.69) is 28.1 Å². The molecule has 0 amide bonds. The quantitative estimate of drug-likeness (QED) is 0.634. The van der Waals surface area contributed by atoms with Crippen molar-refractivity contribution < 1.29 is 4.43 Å². The monoisotopic (exact) mass is 271 g/mol. The van der Waals surface area contributed by atoms with Crippen LogP contribution in [0.15, 0.2) is 47.8 Å². The SMILES string of the molecule is CC(=Nc1ccccc1O[SiH](C)C)c1cnccn1. The maximum absolute atomic E-state index is 5.88. The predicted molar refractivity (Wildman–Crippen MR) is 79.9 cm³/mol. The van der Waals surface area contributed by atoms with Gasteiger partial charge in [0.15, 0.2) is 0 Å². The van der Waals surface area contributed by atoms with Gasteiger partial charge in [-0.05, 0) is 32.2 Å². The molecule has 1 aromatic carbocycles. The maximum Gasteiger partial charge on any atom is 0.229 e. The van der Waals surface area contributed by atoms with Gasteiger partial charge in [0, 0.05) is 12.4 Å². The normalized spacial score (nSPS) is 11.7. The van der Waals surface area contributed by atoms with E-state index < -0.39 is 9.04 Å². The molecule has 0 atom stereocenters. The summed E-state index contributed by atoms with van der Waals surface area (Å²) in [5.41, 5.74) is 2.44. The number of hydrogen-bond donors (Lipinski definition) is 0. The van der Waals surface area contributed by atoms with E-state index in [0.717, 1.165) is 22.8 Å². The Bertz CT molecular complexity index is 570. The standard InChI is InChI=1S/C14H17N3OSi/c1-11(13-10-15-8-9-16-13)17-12-6-4-5-7-14(12)18-19(2)3/h4-10,19H,1-3H3. The molecular formula is C14H17N3OSi. The zero-order valence-corrected chi connectivity index (χ0v) is 12.5. The zero-order chi connectivity index (χ0) is 13.7. The highest BCUT2D eigenvalue weighted by Gasteiger charge is 2.06. The lowest BCUT2D eigenvalue weighted by atomic mass is 10.2. The lowest BCUT2D eigenvalue weighted by Crippen LogP contribution is -2.11. The maximum atomic E-state index is 5.88. The van der Waals surface area contributed by atoms with Crippen molar-refractivity contribution in [2.24, 2.45) is 4.99 Å². The van der Waals surface area contributed by atoms with Gasteiger partial charge in [0.25, 0.3) is 0 Å². The second kappa shape index (κ2) is 6.24. The Morgan fingerprint density at radius 2 is 2.00 bits per heavy atom. The van der Waals surface area contributed by atoms with Gasteiger partial charge < -0.3 is 4.43 Å². The summed E-state index contributed by atoms with van der Waals surface area (Å²) >= 11 is 0. The van der Waals surface area contributed by atoms with Crippen LogP contribution in [0.1, 0.15) is 12.6 Å². The van der Waals surface area contributed by atoms with E-state index in [9.17, 15) is 0 Å². The van der Waals surface area contributed by atoms with Crippen molar-refractivity contribution in [1.29, 1.82) is 0 Å². The summed E-state index contributed by atoms with van der Waals surface area (Å²) in [5.74, 6) is 0.840. The number of hydrogen-bond acceptors (Lipinski definition) is 4. The average Bonchev–Trinajstić information content (AvgIpc) is 2.41. The fourth-order valence-electron chi connectivity index (χ4n) is 1.63. The number of rotatable bonds is 4. The van der Waals surface area contributed by atoms with Crippen molar-refractivity contribution in [2.45, 2.75) is 20.0 Å². The van der Waals surface area contributed by atoms with Crippen molar-refractivity contribution in [3.05, 3.63) is 48.5 Å². The highest BCUT2D eigenvalue weighted by atomic mass is 28.3. The summed E-state index contributed by atoms with van der Waals surface area (Å²) < 4.78 is 5.88. The number of nitrogens with zero attached hydrogens (tertiary/aromatic N) is 3. The van der Waals surface area contributed by atoms with Crippen molar-refractivity contribution in [3.8, 4) is 5.75 Å². The van der Waals surface area contributed by atoms with Crippen LogP contribution < -0.4 is 4.43 Å². The Morgan fingerprint density at radius 3 is 2.68 bits per heavy atom. The van der Waals surface area contributed by atoms with Crippen LogP contribution in [0.3, 0.4) is 0 Å². The zero-order valence-electron chi connectivity index (χ0n) is 11.4. The van der Waals surface area contributed by atoms with E-state index in [-0.39, 0.29) is 0 Å². The number of benzene rings is 1. The van der Waals surface area contributed by atoms with Gasteiger partial charge >= 0.3 is 0 Å². The first-order chi connectivity index (χ1) is 9.16. The topological polar surface area (TPSA) is 47.4 Å².